The van der Waals surface area contributed by atoms with Crippen LogP contribution in [0, 0.1) is 0 Å². The quantitative estimate of drug-likeness (QED) is 0.822. The lowest BCUT2D eigenvalue weighted by molar-refractivity contribution is 0.134. The van der Waals surface area contributed by atoms with Crippen LogP contribution in [0.1, 0.15) is 18.1 Å². The van der Waals surface area contributed by atoms with Gasteiger partial charge in [-0.3, -0.25) is 0 Å². The molecule has 2 N–H and O–H groups in total. The molecule has 13 heavy (non-hydrogen) atoms. The van der Waals surface area contributed by atoms with Gasteiger partial charge in [0.15, 0.2) is 0 Å². The van der Waals surface area contributed by atoms with Crippen molar-refractivity contribution >= 4 is 23.2 Å². The lowest BCUT2D eigenvalue weighted by Gasteiger charge is -2.09. The van der Waals surface area contributed by atoms with Crippen molar-refractivity contribution in [1.29, 1.82) is 0 Å². The Labute approximate surface area is 86.7 Å². The van der Waals surface area contributed by atoms with E-state index in [4.69, 9.17) is 28.3 Å². The van der Waals surface area contributed by atoms with Crippen molar-refractivity contribution < 1.29 is 10.2 Å². The van der Waals surface area contributed by atoms with Crippen molar-refractivity contribution in [2.45, 2.75) is 12.5 Å². The third-order valence-corrected chi connectivity index (χ3v) is 2.47. The summed E-state index contributed by atoms with van der Waals surface area (Å²) in [7, 11) is 0. The molecular formula is C9H10Cl2O2. The molecule has 1 rings (SSSR count). The molecule has 0 saturated heterocycles. The molecule has 0 aliphatic rings. The first-order valence-electron chi connectivity index (χ1n) is 3.89. The summed E-state index contributed by atoms with van der Waals surface area (Å²) in [5.41, 5.74) is 0.670. The van der Waals surface area contributed by atoms with E-state index in [0.29, 0.717) is 22.0 Å². The Balaban J connectivity index is 2.84. The Kier molecular flexibility index (Phi) is 4.00. The first kappa shape index (κ1) is 10.8. The molecule has 72 valence electrons. The predicted octanol–water partition coefficient (Wildman–Crippen LogP) is 2.41. The van der Waals surface area contributed by atoms with Gasteiger partial charge < -0.3 is 10.2 Å². The summed E-state index contributed by atoms with van der Waals surface area (Å²) in [5.74, 6) is 0. The molecule has 2 nitrogen and oxygen atoms in total. The fourth-order valence-electron chi connectivity index (χ4n) is 1.01. The minimum atomic E-state index is -0.681. The molecule has 0 bridgehead atoms. The minimum Gasteiger partial charge on any atom is -0.396 e. The molecular weight excluding hydrogens is 211 g/mol. The molecule has 0 radical (unpaired) electrons. The SMILES string of the molecule is OCCC(O)c1ccc(Cl)c(Cl)c1. The second kappa shape index (κ2) is 4.82. The maximum Gasteiger partial charge on any atom is 0.0812 e. The van der Waals surface area contributed by atoms with Crippen molar-refractivity contribution in [3.63, 3.8) is 0 Å². The zero-order chi connectivity index (χ0) is 9.84. The summed E-state index contributed by atoms with van der Waals surface area (Å²) in [6, 6.07) is 4.92. The summed E-state index contributed by atoms with van der Waals surface area (Å²) in [5, 5.41) is 18.9. The summed E-state index contributed by atoms with van der Waals surface area (Å²) in [4.78, 5) is 0. The predicted molar refractivity (Wildman–Crippen MR) is 53.1 cm³/mol. The van der Waals surface area contributed by atoms with E-state index in [1.54, 1.807) is 18.2 Å². The summed E-state index contributed by atoms with van der Waals surface area (Å²) in [6.07, 6.45) is -0.377. The lowest BCUT2D eigenvalue weighted by Crippen LogP contribution is -1.99. The molecule has 1 aromatic carbocycles. The van der Waals surface area contributed by atoms with E-state index < -0.39 is 6.10 Å². The van der Waals surface area contributed by atoms with E-state index in [9.17, 15) is 5.11 Å². The van der Waals surface area contributed by atoms with Crippen LogP contribution in [-0.4, -0.2) is 16.8 Å². The zero-order valence-electron chi connectivity index (χ0n) is 6.87. The first-order chi connectivity index (χ1) is 6.15. The molecule has 0 aromatic heterocycles. The Hall–Kier alpha value is -0.280. The van der Waals surface area contributed by atoms with E-state index in [0.717, 1.165) is 0 Å². The number of rotatable bonds is 3. The van der Waals surface area contributed by atoms with Crippen LogP contribution in [-0.2, 0) is 0 Å². The molecule has 0 fully saturated rings. The third-order valence-electron chi connectivity index (χ3n) is 1.73. The normalized spacial score (nSPS) is 12.9. The van der Waals surface area contributed by atoms with Gasteiger partial charge in [0.05, 0.1) is 16.1 Å². The van der Waals surface area contributed by atoms with Crippen molar-refractivity contribution in [2.75, 3.05) is 6.61 Å². The highest BCUT2D eigenvalue weighted by Gasteiger charge is 2.08. The van der Waals surface area contributed by atoms with Gasteiger partial charge in [0.25, 0.3) is 0 Å². The Morgan fingerprint density at radius 2 is 1.92 bits per heavy atom. The van der Waals surface area contributed by atoms with Crippen LogP contribution < -0.4 is 0 Å². The van der Waals surface area contributed by atoms with Crippen molar-refractivity contribution in [1.82, 2.24) is 0 Å². The Bertz CT molecular complexity index is 289. The molecule has 0 saturated carbocycles. The van der Waals surface area contributed by atoms with Crippen LogP contribution in [0.15, 0.2) is 18.2 Å². The summed E-state index contributed by atoms with van der Waals surface area (Å²) < 4.78 is 0. The second-order valence-electron chi connectivity index (χ2n) is 2.70. The number of hydrogen-bond acceptors (Lipinski definition) is 2. The van der Waals surface area contributed by atoms with Gasteiger partial charge in [-0.2, -0.15) is 0 Å². The van der Waals surface area contributed by atoms with Gasteiger partial charge in [0.1, 0.15) is 0 Å². The van der Waals surface area contributed by atoms with Crippen molar-refractivity contribution in [2.24, 2.45) is 0 Å². The van der Waals surface area contributed by atoms with Gasteiger partial charge in [-0.1, -0.05) is 29.3 Å². The van der Waals surface area contributed by atoms with Crippen molar-refractivity contribution in [3.05, 3.63) is 33.8 Å². The van der Waals surface area contributed by atoms with E-state index in [-0.39, 0.29) is 6.61 Å². The molecule has 4 heteroatoms. The van der Waals surface area contributed by atoms with E-state index in [2.05, 4.69) is 0 Å². The number of benzene rings is 1. The van der Waals surface area contributed by atoms with Gasteiger partial charge in [-0.25, -0.2) is 0 Å². The van der Waals surface area contributed by atoms with Gasteiger partial charge in [0, 0.05) is 13.0 Å². The van der Waals surface area contributed by atoms with Crippen LogP contribution >= 0.6 is 23.2 Å². The van der Waals surface area contributed by atoms with Crippen LogP contribution in [0.25, 0.3) is 0 Å². The number of hydrogen-bond donors (Lipinski definition) is 2. The Morgan fingerprint density at radius 3 is 2.46 bits per heavy atom. The maximum absolute atomic E-state index is 9.47. The fourth-order valence-corrected chi connectivity index (χ4v) is 1.32. The average Bonchev–Trinajstić information content (AvgIpc) is 2.10. The van der Waals surface area contributed by atoms with Crippen LogP contribution in [0.2, 0.25) is 10.0 Å². The smallest absolute Gasteiger partial charge is 0.0812 e. The first-order valence-corrected chi connectivity index (χ1v) is 4.64. The highest BCUT2D eigenvalue weighted by Crippen LogP contribution is 2.26. The van der Waals surface area contributed by atoms with E-state index >= 15 is 0 Å². The third kappa shape index (κ3) is 2.85. The molecule has 0 aliphatic carbocycles. The topological polar surface area (TPSA) is 40.5 Å². The van der Waals surface area contributed by atoms with Crippen LogP contribution in [0.5, 0.6) is 0 Å². The number of halogens is 2. The summed E-state index contributed by atoms with van der Waals surface area (Å²) in [6.45, 7) is -0.0542. The molecule has 0 amide bonds. The second-order valence-corrected chi connectivity index (χ2v) is 3.52. The molecule has 1 atom stereocenters. The maximum atomic E-state index is 9.47. The standard InChI is InChI=1S/C9H10Cl2O2/c10-7-2-1-6(5-8(7)11)9(13)3-4-12/h1-2,5,9,12-13H,3-4H2. The summed E-state index contributed by atoms with van der Waals surface area (Å²) >= 11 is 11.5. The lowest BCUT2D eigenvalue weighted by atomic mass is 10.1. The largest absolute Gasteiger partial charge is 0.396 e. The highest BCUT2D eigenvalue weighted by molar-refractivity contribution is 6.42. The van der Waals surface area contributed by atoms with Crippen LogP contribution in [0.3, 0.4) is 0 Å². The van der Waals surface area contributed by atoms with Gasteiger partial charge >= 0.3 is 0 Å². The average molecular weight is 221 g/mol. The molecule has 0 heterocycles. The van der Waals surface area contributed by atoms with Crippen molar-refractivity contribution in [3.8, 4) is 0 Å². The minimum absolute atomic E-state index is 0.0542. The Morgan fingerprint density at radius 1 is 1.23 bits per heavy atom. The molecule has 1 unspecified atom stereocenters. The van der Waals surface area contributed by atoms with Gasteiger partial charge in [0.2, 0.25) is 0 Å². The molecule has 0 spiro atoms. The molecule has 1 aromatic rings. The highest BCUT2D eigenvalue weighted by atomic mass is 35.5. The number of aliphatic hydroxyl groups is 2. The number of aliphatic hydroxyl groups excluding tert-OH is 2. The zero-order valence-corrected chi connectivity index (χ0v) is 8.39. The van der Waals surface area contributed by atoms with E-state index in [1.807, 2.05) is 0 Å². The monoisotopic (exact) mass is 220 g/mol. The van der Waals surface area contributed by atoms with Gasteiger partial charge in [-0.15, -0.1) is 0 Å². The van der Waals surface area contributed by atoms with Gasteiger partial charge in [-0.05, 0) is 17.7 Å². The van der Waals surface area contributed by atoms with E-state index in [1.165, 1.54) is 0 Å². The fraction of sp³-hybridized carbons (Fsp3) is 0.333. The molecule has 0 aliphatic heterocycles. The van der Waals surface area contributed by atoms with Crippen LogP contribution in [0.4, 0.5) is 0 Å².